The van der Waals surface area contributed by atoms with E-state index in [4.69, 9.17) is 27.1 Å². The van der Waals surface area contributed by atoms with Gasteiger partial charge in [0.05, 0.1) is 0 Å². The van der Waals surface area contributed by atoms with E-state index in [9.17, 15) is 28.8 Å². The molecule has 0 aromatic carbocycles. The van der Waals surface area contributed by atoms with Crippen molar-refractivity contribution in [3.63, 3.8) is 0 Å². The second kappa shape index (κ2) is 65.2. The number of hydrogen-bond acceptors (Lipinski definition) is 24. The number of amides is 6. The Morgan fingerprint density at radius 1 is 0.273 bits per heavy atom. The number of hydrogen-bond donors (Lipinski definition) is 6. The van der Waals surface area contributed by atoms with Crippen LogP contribution in [-0.4, -0.2) is 247 Å². The molecule has 798 valence electrons. The summed E-state index contributed by atoms with van der Waals surface area (Å²) in [6.07, 6.45) is 28.6. The van der Waals surface area contributed by atoms with Crippen molar-refractivity contribution in [3.05, 3.63) is 104 Å². The van der Waals surface area contributed by atoms with Crippen LogP contribution in [0, 0.1) is 20.8 Å². The summed E-state index contributed by atoms with van der Waals surface area (Å²) >= 11 is 0. The van der Waals surface area contributed by atoms with Crippen molar-refractivity contribution in [2.75, 3.05) is 81.6 Å². The number of aryl methyl sites for hydroxylation is 6. The molecule has 0 radical (unpaired) electrons. The summed E-state index contributed by atoms with van der Waals surface area (Å²) in [7, 11) is 12.9. The summed E-state index contributed by atoms with van der Waals surface area (Å²) in [5.41, 5.74) is 4.45. The molecule has 6 amide bonds. The highest BCUT2D eigenvalue weighted by Crippen LogP contribution is 2.33. The van der Waals surface area contributed by atoms with Crippen LogP contribution in [-0.2, 0) is 38.5 Å². The Morgan fingerprint density at radius 2 is 0.482 bits per heavy atom. The van der Waals surface area contributed by atoms with Gasteiger partial charge in [0.2, 0.25) is 0 Å². The third kappa shape index (κ3) is 36.9. The molecule has 6 rings (SSSR count). The smallest absolute Gasteiger partial charge is 0.274 e. The number of nitrogens with one attached hydrogen (secondary N) is 6. The summed E-state index contributed by atoms with van der Waals surface area (Å²) in [4.78, 5) is 89.3. The monoisotopic (exact) mass is 1950 g/mol. The van der Waals surface area contributed by atoms with Gasteiger partial charge in [0.1, 0.15) is 34.6 Å². The highest BCUT2D eigenvalue weighted by Gasteiger charge is 2.43. The Hall–Kier alpha value is -8.16. The van der Waals surface area contributed by atoms with Gasteiger partial charge in [-0.15, -0.1) is 0 Å². The standard InChI is InChI=1S/2C19H35N3O2.3C18H33N3O2.C17H31N3O2/c1-8-11-13-22(7)19(6,12-9-2)15(5)20-18(23)17-14(4)16(10-3)24-21-17;1-8-12-13-22(7)19(10-3,11-4)15(6)20-18(23)17-14(5)16(9-2)24-21-17;1-8-11-12-21(7)18(6,10-3)14(5)19-17(22)16-13(4)15(9-2)23-20-16;1-7-10-12-21(6)18(5,11-8-2)14(4)19-17(22)16-13-15(9-3)23-20-16;1-7-11-12-21(6)18(9-3,10-4)14(5)19-17(22)16-13-15(8-2)23-20-16;1-7-10-11-20(6)17(5,9-3)13(4)18-16(21)15-12-14(8-2)22-19-15/h2*15H,8-13H2,1-7H3,(H,20,23);14H,8-12H2,1-7H3,(H,19,22);2*13-14H,7-12H2,1-6H3,(H,19,22);12-13H,7-11H2,1-6H3,(H,18,21). The number of aromatic nitrogens is 6. The molecule has 0 aliphatic heterocycles. The van der Waals surface area contributed by atoms with Gasteiger partial charge in [-0.25, -0.2) is 0 Å². The topological polar surface area (TPSA) is 350 Å². The molecule has 0 saturated carbocycles. The number of carbonyl (C=O) groups excluding carboxylic acids is 6. The molecule has 6 aromatic heterocycles. The molecular formula is C109H200N18O12. The van der Waals surface area contributed by atoms with E-state index in [1.807, 2.05) is 62.3 Å². The molecule has 10 atom stereocenters. The molecule has 10 unspecified atom stereocenters. The highest BCUT2D eigenvalue weighted by molar-refractivity contribution is 5.96. The van der Waals surface area contributed by atoms with Crippen LogP contribution >= 0.6 is 0 Å². The van der Waals surface area contributed by atoms with Gasteiger partial charge < -0.3 is 59.0 Å². The van der Waals surface area contributed by atoms with Crippen molar-refractivity contribution in [1.29, 1.82) is 0 Å². The zero-order valence-electron chi connectivity index (χ0n) is 95.0. The molecule has 0 bridgehead atoms. The van der Waals surface area contributed by atoms with Crippen LogP contribution in [0.1, 0.15) is 463 Å². The van der Waals surface area contributed by atoms with Gasteiger partial charge in [-0.2, -0.15) is 0 Å². The molecule has 30 heteroatoms. The van der Waals surface area contributed by atoms with Gasteiger partial charge in [-0.3, -0.25) is 58.2 Å². The number of carbonyl (C=O) groups is 6. The summed E-state index contributed by atoms with van der Waals surface area (Å²) < 4.78 is 31.1. The second-order valence-corrected chi connectivity index (χ2v) is 39.5. The third-order valence-corrected chi connectivity index (χ3v) is 31.0. The minimum Gasteiger partial charge on any atom is -0.361 e. The molecule has 0 aliphatic carbocycles. The summed E-state index contributed by atoms with van der Waals surface area (Å²) in [5.74, 6) is 3.63. The number of unbranched alkanes of at least 4 members (excludes halogenated alkanes) is 6. The van der Waals surface area contributed by atoms with Crippen molar-refractivity contribution in [2.45, 2.75) is 478 Å². The Kier molecular flexibility index (Phi) is 60.4. The third-order valence-electron chi connectivity index (χ3n) is 31.0. The Bertz CT molecular complexity index is 4400. The summed E-state index contributed by atoms with van der Waals surface area (Å²) in [6.45, 7) is 75.9. The summed E-state index contributed by atoms with van der Waals surface area (Å²) in [5, 5.41) is 42.2. The Balaban J connectivity index is 0.000000834. The first kappa shape index (κ1) is 129. The lowest BCUT2D eigenvalue weighted by atomic mass is 9.83. The van der Waals surface area contributed by atoms with E-state index in [2.05, 4.69) is 301 Å². The van der Waals surface area contributed by atoms with Gasteiger partial charge in [0.15, 0.2) is 34.2 Å². The van der Waals surface area contributed by atoms with Gasteiger partial charge in [0, 0.05) is 143 Å². The van der Waals surface area contributed by atoms with E-state index in [-0.39, 0.29) is 105 Å². The van der Waals surface area contributed by atoms with Gasteiger partial charge >= 0.3 is 0 Å². The van der Waals surface area contributed by atoms with Crippen LogP contribution in [0.2, 0.25) is 0 Å². The lowest BCUT2D eigenvalue weighted by Gasteiger charge is -2.45. The maximum Gasteiger partial charge on any atom is 0.274 e. The fourth-order valence-corrected chi connectivity index (χ4v) is 18.6. The van der Waals surface area contributed by atoms with E-state index in [1.165, 1.54) is 64.2 Å². The highest BCUT2D eigenvalue weighted by atomic mass is 16.5. The predicted molar refractivity (Wildman–Crippen MR) is 567 cm³/mol. The van der Waals surface area contributed by atoms with E-state index in [1.54, 1.807) is 18.2 Å². The zero-order chi connectivity index (χ0) is 106. The first-order valence-electron chi connectivity index (χ1n) is 53.6. The van der Waals surface area contributed by atoms with Crippen LogP contribution in [0.3, 0.4) is 0 Å². The molecule has 6 N–H and O–H groups in total. The van der Waals surface area contributed by atoms with Gasteiger partial charge in [-0.1, -0.05) is 221 Å². The van der Waals surface area contributed by atoms with E-state index >= 15 is 0 Å². The Labute approximate surface area is 842 Å². The first-order chi connectivity index (χ1) is 65.7. The fourth-order valence-electron chi connectivity index (χ4n) is 18.6. The number of nitrogens with zero attached hydrogens (tertiary/aromatic N) is 12. The molecule has 139 heavy (non-hydrogen) atoms. The quantitative estimate of drug-likeness (QED) is 0.0206. The molecule has 0 spiro atoms. The predicted octanol–water partition coefficient (Wildman–Crippen LogP) is 22.0. The van der Waals surface area contributed by atoms with Crippen molar-refractivity contribution in [1.82, 2.24) is 92.2 Å². The molecule has 6 heterocycles. The van der Waals surface area contributed by atoms with Crippen LogP contribution in [0.15, 0.2) is 45.3 Å². The Morgan fingerprint density at radius 3 is 0.676 bits per heavy atom. The second-order valence-electron chi connectivity index (χ2n) is 39.5. The largest absolute Gasteiger partial charge is 0.361 e. The van der Waals surface area contributed by atoms with Crippen LogP contribution in [0.25, 0.3) is 0 Å². The molecule has 6 aromatic rings. The average Bonchev–Trinajstić information content (AvgIpc) is 1.80. The SMILES string of the molecule is CCCCN(C)C(C)(CC)C(C)NC(=O)c1cc(CC)on1.CCCCN(C)C(C)(CC)C(C)NC(=O)c1noc(CC)c1C.CCCCN(C)C(C)(CCC)C(C)NC(=O)c1cc(CC)on1.CCCCN(C)C(C)(CCC)C(C)NC(=O)c1noc(CC)c1C.CCCCN(C)C(CC)(CC)C(C)NC(=O)c1cc(CC)on1.CCCCN(C)C(CC)(CC)C(C)NC(=O)c1noc(CC)c1C. The molecular weight excluding hydrogens is 1750 g/mol. The minimum absolute atomic E-state index is 0.0167. The maximum atomic E-state index is 12.7. The summed E-state index contributed by atoms with van der Waals surface area (Å²) in [6, 6.07) is 5.31. The van der Waals surface area contributed by atoms with Crippen LogP contribution < -0.4 is 31.9 Å². The molecule has 0 fully saturated rings. The lowest BCUT2D eigenvalue weighted by Crippen LogP contribution is -2.59. The van der Waals surface area contributed by atoms with E-state index in [0.717, 1.165) is 206 Å². The van der Waals surface area contributed by atoms with Gasteiger partial charge in [-0.05, 0) is 261 Å². The van der Waals surface area contributed by atoms with E-state index in [0.29, 0.717) is 34.2 Å². The van der Waals surface area contributed by atoms with Crippen LogP contribution in [0.5, 0.6) is 0 Å². The molecule has 0 aliphatic rings. The normalized spacial score (nSPS) is 14.7. The average molecular weight is 1950 g/mol. The van der Waals surface area contributed by atoms with Crippen molar-refractivity contribution >= 4 is 35.4 Å². The molecule has 0 saturated heterocycles. The maximum absolute atomic E-state index is 12.7. The van der Waals surface area contributed by atoms with Gasteiger partial charge in [0.25, 0.3) is 35.4 Å². The van der Waals surface area contributed by atoms with Crippen molar-refractivity contribution in [3.8, 4) is 0 Å². The zero-order valence-corrected chi connectivity index (χ0v) is 95.0. The number of rotatable bonds is 58. The number of likely N-dealkylation sites (N-methyl/N-ethyl adjacent to an activating group) is 6. The molecule has 30 nitrogen and oxygen atoms in total. The minimum atomic E-state index is -0.167. The van der Waals surface area contributed by atoms with Crippen molar-refractivity contribution in [2.24, 2.45) is 0 Å². The van der Waals surface area contributed by atoms with Crippen LogP contribution in [0.4, 0.5) is 0 Å². The van der Waals surface area contributed by atoms with Crippen molar-refractivity contribution < 1.29 is 55.9 Å². The fraction of sp³-hybridized carbons (Fsp3) is 0.780. The first-order valence-corrected chi connectivity index (χ1v) is 53.6. The van der Waals surface area contributed by atoms with E-state index < -0.39 is 0 Å². The lowest BCUT2D eigenvalue weighted by molar-refractivity contribution is 0.0601.